The first-order valence-electron chi connectivity index (χ1n) is 6.48. The normalized spacial score (nSPS) is 13.0. The van der Waals surface area contributed by atoms with Crippen molar-refractivity contribution in [1.82, 2.24) is 4.98 Å². The number of anilines is 1. The standard InChI is InChI=1S/C14H11N3O5/c18-13(11-6-10(7-15-11)17(21)22)16-4-3-8-5-9(14(19)20)1-2-12(8)16/h1-2,5-7,15H,3-4H2,(H,19,20). The van der Waals surface area contributed by atoms with Gasteiger partial charge in [0.2, 0.25) is 0 Å². The molecule has 22 heavy (non-hydrogen) atoms. The molecule has 1 aliphatic rings. The molecule has 0 atom stereocenters. The van der Waals surface area contributed by atoms with E-state index in [1.807, 2.05) is 0 Å². The smallest absolute Gasteiger partial charge is 0.335 e. The summed E-state index contributed by atoms with van der Waals surface area (Å²) in [6.07, 6.45) is 1.71. The number of carbonyl (C=O) groups excluding carboxylic acids is 1. The number of aromatic carboxylic acids is 1. The number of amides is 1. The van der Waals surface area contributed by atoms with Crippen molar-refractivity contribution in [3.8, 4) is 0 Å². The van der Waals surface area contributed by atoms with Crippen LogP contribution in [-0.2, 0) is 6.42 Å². The fraction of sp³-hybridized carbons (Fsp3) is 0.143. The van der Waals surface area contributed by atoms with Gasteiger partial charge in [0, 0.05) is 18.3 Å². The predicted octanol–water partition coefficient (Wildman–Crippen LogP) is 1.82. The molecule has 1 aromatic heterocycles. The average Bonchev–Trinajstić information content (AvgIpc) is 3.13. The second-order valence-corrected chi connectivity index (χ2v) is 4.88. The van der Waals surface area contributed by atoms with Crippen molar-refractivity contribution in [2.45, 2.75) is 6.42 Å². The number of hydrogen-bond acceptors (Lipinski definition) is 4. The van der Waals surface area contributed by atoms with E-state index < -0.39 is 10.9 Å². The van der Waals surface area contributed by atoms with Gasteiger partial charge in [-0.1, -0.05) is 0 Å². The van der Waals surface area contributed by atoms with E-state index in [0.29, 0.717) is 18.7 Å². The van der Waals surface area contributed by atoms with Crippen molar-refractivity contribution in [1.29, 1.82) is 0 Å². The van der Waals surface area contributed by atoms with E-state index in [9.17, 15) is 19.7 Å². The molecular formula is C14H11N3O5. The summed E-state index contributed by atoms with van der Waals surface area (Å²) in [4.78, 5) is 37.5. The largest absolute Gasteiger partial charge is 0.478 e. The number of rotatable bonds is 3. The molecule has 2 heterocycles. The maximum Gasteiger partial charge on any atom is 0.335 e. The van der Waals surface area contributed by atoms with Crippen molar-refractivity contribution in [2.24, 2.45) is 0 Å². The van der Waals surface area contributed by atoms with Crippen molar-refractivity contribution < 1.29 is 19.6 Å². The van der Waals surface area contributed by atoms with E-state index in [1.54, 1.807) is 12.1 Å². The highest BCUT2D eigenvalue weighted by Crippen LogP contribution is 2.30. The lowest BCUT2D eigenvalue weighted by atomic mass is 10.1. The summed E-state index contributed by atoms with van der Waals surface area (Å²) >= 11 is 0. The lowest BCUT2D eigenvalue weighted by molar-refractivity contribution is -0.384. The molecule has 0 aliphatic carbocycles. The van der Waals surface area contributed by atoms with E-state index in [2.05, 4.69) is 4.98 Å². The molecule has 8 heteroatoms. The number of benzene rings is 1. The molecule has 0 saturated heterocycles. The van der Waals surface area contributed by atoms with Crippen LogP contribution in [-0.4, -0.2) is 33.4 Å². The fourth-order valence-electron chi connectivity index (χ4n) is 2.50. The van der Waals surface area contributed by atoms with Gasteiger partial charge in [0.25, 0.3) is 11.6 Å². The Morgan fingerprint density at radius 3 is 2.73 bits per heavy atom. The van der Waals surface area contributed by atoms with Crippen LogP contribution in [0.5, 0.6) is 0 Å². The van der Waals surface area contributed by atoms with Crippen LogP contribution in [0.15, 0.2) is 30.5 Å². The number of aromatic amines is 1. The minimum atomic E-state index is -1.02. The first-order chi connectivity index (χ1) is 10.5. The van der Waals surface area contributed by atoms with Crippen LogP contribution in [0.3, 0.4) is 0 Å². The molecule has 0 spiro atoms. The van der Waals surface area contributed by atoms with Gasteiger partial charge in [-0.2, -0.15) is 0 Å². The van der Waals surface area contributed by atoms with Crippen molar-refractivity contribution in [3.63, 3.8) is 0 Å². The van der Waals surface area contributed by atoms with Gasteiger partial charge in [-0.3, -0.25) is 14.9 Å². The highest BCUT2D eigenvalue weighted by molar-refractivity contribution is 6.06. The zero-order valence-corrected chi connectivity index (χ0v) is 11.3. The summed E-state index contributed by atoms with van der Waals surface area (Å²) in [5.41, 5.74) is 1.52. The summed E-state index contributed by atoms with van der Waals surface area (Å²) in [6, 6.07) is 5.75. The van der Waals surface area contributed by atoms with Gasteiger partial charge in [-0.15, -0.1) is 0 Å². The predicted molar refractivity (Wildman–Crippen MR) is 76.2 cm³/mol. The summed E-state index contributed by atoms with van der Waals surface area (Å²) in [6.45, 7) is 0.407. The van der Waals surface area contributed by atoms with Gasteiger partial charge in [0.15, 0.2) is 0 Å². The Hall–Kier alpha value is -3.16. The molecule has 112 valence electrons. The molecule has 3 rings (SSSR count). The number of aromatic nitrogens is 1. The molecule has 2 N–H and O–H groups in total. The molecule has 1 amide bonds. The van der Waals surface area contributed by atoms with Gasteiger partial charge >= 0.3 is 5.97 Å². The molecule has 1 aliphatic heterocycles. The Morgan fingerprint density at radius 1 is 1.32 bits per heavy atom. The van der Waals surface area contributed by atoms with Crippen LogP contribution < -0.4 is 4.90 Å². The third-order valence-corrected chi connectivity index (χ3v) is 3.58. The van der Waals surface area contributed by atoms with E-state index in [-0.39, 0.29) is 22.9 Å². The number of hydrogen-bond donors (Lipinski definition) is 2. The molecule has 2 aromatic rings. The Kier molecular flexibility index (Phi) is 3.13. The van der Waals surface area contributed by atoms with Crippen LogP contribution in [0.2, 0.25) is 0 Å². The Morgan fingerprint density at radius 2 is 2.09 bits per heavy atom. The number of carbonyl (C=O) groups is 2. The second-order valence-electron chi connectivity index (χ2n) is 4.88. The topological polar surface area (TPSA) is 117 Å². The zero-order valence-electron chi connectivity index (χ0n) is 11.3. The molecule has 0 bridgehead atoms. The molecule has 0 fully saturated rings. The van der Waals surface area contributed by atoms with Crippen LogP contribution in [0.1, 0.15) is 26.4 Å². The Labute approximate surface area is 124 Å². The fourth-order valence-corrected chi connectivity index (χ4v) is 2.50. The van der Waals surface area contributed by atoms with Gasteiger partial charge in [0.05, 0.1) is 16.7 Å². The molecular weight excluding hydrogens is 290 g/mol. The third-order valence-electron chi connectivity index (χ3n) is 3.58. The number of carboxylic acid groups (broad SMARTS) is 1. The molecule has 8 nitrogen and oxygen atoms in total. The third kappa shape index (κ3) is 2.20. The van der Waals surface area contributed by atoms with E-state index in [1.165, 1.54) is 17.0 Å². The average molecular weight is 301 g/mol. The monoisotopic (exact) mass is 301 g/mol. The van der Waals surface area contributed by atoms with Crippen LogP contribution in [0.4, 0.5) is 11.4 Å². The molecule has 1 aromatic carbocycles. The second kappa shape index (κ2) is 4.99. The number of carboxylic acids is 1. The Balaban J connectivity index is 1.90. The van der Waals surface area contributed by atoms with Gasteiger partial charge < -0.3 is 15.0 Å². The number of nitrogens with one attached hydrogen (secondary N) is 1. The van der Waals surface area contributed by atoms with Crippen LogP contribution in [0.25, 0.3) is 0 Å². The van der Waals surface area contributed by atoms with E-state index >= 15 is 0 Å². The maximum absolute atomic E-state index is 12.4. The molecule has 0 unspecified atom stereocenters. The number of nitrogens with zero attached hydrogens (tertiary/aromatic N) is 2. The Bertz CT molecular complexity index is 796. The van der Waals surface area contributed by atoms with Crippen LogP contribution >= 0.6 is 0 Å². The number of H-pyrrole nitrogens is 1. The van der Waals surface area contributed by atoms with Gasteiger partial charge in [-0.05, 0) is 30.2 Å². The summed E-state index contributed by atoms with van der Waals surface area (Å²) in [5.74, 6) is -1.40. The zero-order chi connectivity index (χ0) is 15.9. The summed E-state index contributed by atoms with van der Waals surface area (Å²) in [7, 11) is 0. The van der Waals surface area contributed by atoms with Gasteiger partial charge in [0.1, 0.15) is 5.69 Å². The number of fused-ring (bicyclic) bond motifs is 1. The van der Waals surface area contributed by atoms with Gasteiger partial charge in [-0.25, -0.2) is 4.79 Å². The van der Waals surface area contributed by atoms with Crippen molar-refractivity contribution >= 4 is 23.3 Å². The number of nitro groups is 1. The maximum atomic E-state index is 12.4. The van der Waals surface area contributed by atoms with Crippen molar-refractivity contribution in [3.05, 3.63) is 57.4 Å². The lowest BCUT2D eigenvalue weighted by Gasteiger charge is -2.16. The first kappa shape index (κ1) is 13.8. The summed E-state index contributed by atoms with van der Waals surface area (Å²) in [5, 5.41) is 19.6. The lowest BCUT2D eigenvalue weighted by Crippen LogP contribution is -2.29. The highest BCUT2D eigenvalue weighted by atomic mass is 16.6. The summed E-state index contributed by atoms with van der Waals surface area (Å²) < 4.78 is 0. The van der Waals surface area contributed by atoms with Crippen LogP contribution in [0, 0.1) is 10.1 Å². The van der Waals surface area contributed by atoms with E-state index in [4.69, 9.17) is 5.11 Å². The molecule has 0 saturated carbocycles. The highest BCUT2D eigenvalue weighted by Gasteiger charge is 2.28. The minimum Gasteiger partial charge on any atom is -0.478 e. The SMILES string of the molecule is O=C(O)c1ccc2c(c1)CCN2C(=O)c1cc([N+](=O)[O-])c[nH]1. The van der Waals surface area contributed by atoms with E-state index in [0.717, 1.165) is 11.8 Å². The van der Waals surface area contributed by atoms with Crippen molar-refractivity contribution in [2.75, 3.05) is 11.4 Å². The first-order valence-corrected chi connectivity index (χ1v) is 6.48. The molecule has 0 radical (unpaired) electrons. The minimum absolute atomic E-state index is 0.127. The quantitative estimate of drug-likeness (QED) is 0.662.